The van der Waals surface area contributed by atoms with Gasteiger partial charge in [-0.2, -0.15) is 0 Å². The average Bonchev–Trinajstić information content (AvgIpc) is 2.62. The molecule has 0 amide bonds. The molecule has 2 heterocycles. The Hall–Kier alpha value is -0.770. The van der Waals surface area contributed by atoms with Crippen LogP contribution in [0.25, 0.3) is 0 Å². The van der Waals surface area contributed by atoms with Gasteiger partial charge in [-0.1, -0.05) is 30.3 Å². The summed E-state index contributed by atoms with van der Waals surface area (Å²) in [5.74, 6) is 0. The van der Waals surface area contributed by atoms with Gasteiger partial charge in [-0.25, -0.2) is 4.79 Å². The smallest absolute Gasteiger partial charge is 0.404 e. The number of benzene rings is 1. The van der Waals surface area contributed by atoms with Gasteiger partial charge in [-0.15, -0.1) is 12.4 Å². The van der Waals surface area contributed by atoms with Crippen molar-refractivity contribution in [1.82, 2.24) is 4.90 Å². The Morgan fingerprint density at radius 2 is 1.80 bits per heavy atom. The minimum absolute atomic E-state index is 0. The molecule has 110 valence electrons. The molecular formula is C15H19Cl2NO2. The fourth-order valence-corrected chi connectivity index (χ4v) is 3.63. The van der Waals surface area contributed by atoms with Crippen LogP contribution in [-0.4, -0.2) is 28.5 Å². The molecule has 0 radical (unpaired) electrons. The van der Waals surface area contributed by atoms with Crippen molar-refractivity contribution in [3.8, 4) is 0 Å². The number of ether oxygens (including phenoxy) is 1. The number of fused-ring (bicyclic) bond motifs is 2. The molecule has 2 saturated heterocycles. The van der Waals surface area contributed by atoms with E-state index in [0.29, 0.717) is 12.1 Å². The number of piperidine rings is 1. The van der Waals surface area contributed by atoms with Crippen molar-refractivity contribution in [2.45, 2.75) is 50.4 Å². The lowest BCUT2D eigenvalue weighted by Gasteiger charge is -2.38. The van der Waals surface area contributed by atoms with Crippen LogP contribution in [0.5, 0.6) is 0 Å². The second-order valence-corrected chi connectivity index (χ2v) is 5.80. The first-order valence-corrected chi connectivity index (χ1v) is 7.26. The van der Waals surface area contributed by atoms with Crippen molar-refractivity contribution in [3.63, 3.8) is 0 Å². The summed E-state index contributed by atoms with van der Waals surface area (Å²) in [6.07, 6.45) is 4.25. The molecule has 1 aromatic rings. The molecule has 3 rings (SSSR count). The Balaban J connectivity index is 0.00000147. The second-order valence-electron chi connectivity index (χ2n) is 5.49. The third-order valence-electron chi connectivity index (χ3n) is 4.31. The minimum atomic E-state index is -0.666. The lowest BCUT2D eigenvalue weighted by Crippen LogP contribution is -2.45. The van der Waals surface area contributed by atoms with Crippen molar-refractivity contribution in [2.75, 3.05) is 0 Å². The Kier molecular flexibility index (Phi) is 5.30. The van der Waals surface area contributed by atoms with Crippen LogP contribution in [-0.2, 0) is 11.3 Å². The van der Waals surface area contributed by atoms with E-state index in [4.69, 9.17) is 16.3 Å². The Bertz CT molecular complexity index is 440. The van der Waals surface area contributed by atoms with Crippen LogP contribution in [0, 0.1) is 0 Å². The first kappa shape index (κ1) is 15.6. The largest absolute Gasteiger partial charge is 0.450 e. The zero-order chi connectivity index (χ0) is 13.2. The Labute approximate surface area is 130 Å². The van der Waals surface area contributed by atoms with Crippen molar-refractivity contribution in [2.24, 2.45) is 0 Å². The summed E-state index contributed by atoms with van der Waals surface area (Å²) in [5.41, 5.74) is 0.688. The van der Waals surface area contributed by atoms with Crippen LogP contribution in [0.3, 0.4) is 0 Å². The van der Waals surface area contributed by atoms with Gasteiger partial charge in [-0.05, 0) is 18.4 Å². The van der Waals surface area contributed by atoms with E-state index < -0.39 is 5.43 Å². The molecule has 2 atom stereocenters. The summed E-state index contributed by atoms with van der Waals surface area (Å²) in [6.45, 7) is 0.998. The quantitative estimate of drug-likeness (QED) is 0.790. The van der Waals surface area contributed by atoms with Crippen LogP contribution in [0.1, 0.15) is 31.2 Å². The van der Waals surface area contributed by atoms with Gasteiger partial charge in [0, 0.05) is 43.1 Å². The Morgan fingerprint density at radius 1 is 1.20 bits per heavy atom. The van der Waals surface area contributed by atoms with Gasteiger partial charge >= 0.3 is 5.43 Å². The summed E-state index contributed by atoms with van der Waals surface area (Å²) < 4.78 is 5.17. The van der Waals surface area contributed by atoms with E-state index in [1.807, 2.05) is 6.07 Å². The molecule has 5 heteroatoms. The molecule has 2 fully saturated rings. The topological polar surface area (TPSA) is 29.5 Å². The van der Waals surface area contributed by atoms with Crippen LogP contribution >= 0.6 is 24.0 Å². The van der Waals surface area contributed by atoms with Crippen LogP contribution in [0.2, 0.25) is 0 Å². The normalized spacial score (nSPS) is 28.8. The van der Waals surface area contributed by atoms with E-state index in [-0.39, 0.29) is 18.5 Å². The zero-order valence-electron chi connectivity index (χ0n) is 11.2. The van der Waals surface area contributed by atoms with Crippen molar-refractivity contribution < 1.29 is 9.53 Å². The first-order valence-electron chi connectivity index (χ1n) is 6.88. The van der Waals surface area contributed by atoms with E-state index in [0.717, 1.165) is 19.4 Å². The van der Waals surface area contributed by atoms with Crippen LogP contribution in [0.4, 0.5) is 4.79 Å². The van der Waals surface area contributed by atoms with E-state index >= 15 is 0 Å². The molecule has 20 heavy (non-hydrogen) atoms. The zero-order valence-corrected chi connectivity index (χ0v) is 12.8. The molecule has 2 unspecified atom stereocenters. The molecule has 2 aliphatic heterocycles. The van der Waals surface area contributed by atoms with Crippen molar-refractivity contribution >= 4 is 29.4 Å². The number of hydrogen-bond donors (Lipinski definition) is 0. The van der Waals surface area contributed by atoms with Crippen LogP contribution in [0.15, 0.2) is 30.3 Å². The molecule has 0 spiro atoms. The molecule has 0 aromatic heterocycles. The maximum absolute atomic E-state index is 10.8. The summed E-state index contributed by atoms with van der Waals surface area (Å²) in [4.78, 5) is 13.4. The van der Waals surface area contributed by atoms with Gasteiger partial charge < -0.3 is 4.74 Å². The third-order valence-corrected chi connectivity index (χ3v) is 4.40. The summed E-state index contributed by atoms with van der Waals surface area (Å²) in [7, 11) is 0. The highest BCUT2D eigenvalue weighted by Gasteiger charge is 2.41. The molecule has 0 saturated carbocycles. The number of carbonyl (C=O) groups excluding carboxylic acids is 1. The van der Waals surface area contributed by atoms with E-state index in [1.165, 1.54) is 18.4 Å². The first-order chi connectivity index (χ1) is 9.22. The van der Waals surface area contributed by atoms with E-state index in [9.17, 15) is 4.79 Å². The second kappa shape index (κ2) is 6.79. The molecule has 2 aliphatic rings. The molecule has 0 N–H and O–H groups in total. The van der Waals surface area contributed by atoms with Gasteiger partial charge in [0.1, 0.15) is 6.10 Å². The maximum atomic E-state index is 10.8. The fourth-order valence-electron chi connectivity index (χ4n) is 3.50. The highest BCUT2D eigenvalue weighted by Crippen LogP contribution is 2.38. The third kappa shape index (κ3) is 3.46. The average molecular weight is 316 g/mol. The van der Waals surface area contributed by atoms with Gasteiger partial charge in [0.25, 0.3) is 0 Å². The number of rotatable bonds is 3. The highest BCUT2D eigenvalue weighted by atomic mass is 35.5. The minimum Gasteiger partial charge on any atom is -0.450 e. The lowest BCUT2D eigenvalue weighted by atomic mass is 9.99. The van der Waals surface area contributed by atoms with E-state index in [2.05, 4.69) is 29.2 Å². The summed E-state index contributed by atoms with van der Waals surface area (Å²) in [5, 5.41) is 0. The predicted octanol–water partition coefficient (Wildman–Crippen LogP) is 3.98. The van der Waals surface area contributed by atoms with Gasteiger partial charge in [0.2, 0.25) is 0 Å². The maximum Gasteiger partial charge on any atom is 0.404 e. The molecular weight excluding hydrogens is 297 g/mol. The van der Waals surface area contributed by atoms with Crippen molar-refractivity contribution in [1.29, 1.82) is 0 Å². The number of nitrogens with zero attached hydrogens (tertiary/aromatic N) is 1. The monoisotopic (exact) mass is 315 g/mol. The lowest BCUT2D eigenvalue weighted by molar-refractivity contribution is 0.0240. The molecule has 0 aliphatic carbocycles. The van der Waals surface area contributed by atoms with Crippen LogP contribution < -0.4 is 0 Å². The number of carbonyl (C=O) groups is 1. The van der Waals surface area contributed by atoms with Gasteiger partial charge in [0.15, 0.2) is 0 Å². The summed E-state index contributed by atoms with van der Waals surface area (Å²) >= 11 is 5.32. The molecule has 2 bridgehead atoms. The van der Waals surface area contributed by atoms with Gasteiger partial charge in [-0.3, -0.25) is 4.90 Å². The van der Waals surface area contributed by atoms with Crippen molar-refractivity contribution in [3.05, 3.63) is 35.9 Å². The van der Waals surface area contributed by atoms with E-state index in [1.54, 1.807) is 0 Å². The molecule has 3 nitrogen and oxygen atoms in total. The molecule has 1 aromatic carbocycles. The fraction of sp³-hybridized carbons (Fsp3) is 0.533. The standard InChI is InChI=1S/C15H18ClNO2.ClH/c16-15(18)19-14-8-12-6-7-13(9-14)17(12)10-11-4-2-1-3-5-11;/h1-5,12-14H,6-10H2;1H. The Morgan fingerprint density at radius 3 is 2.35 bits per heavy atom. The number of hydrogen-bond acceptors (Lipinski definition) is 3. The highest BCUT2D eigenvalue weighted by molar-refractivity contribution is 6.61. The SMILES string of the molecule is Cl.O=C(Cl)OC1CC2CCC(C1)N2Cc1ccccc1. The number of halogens is 2. The summed E-state index contributed by atoms with van der Waals surface area (Å²) in [6, 6.07) is 11.6. The predicted molar refractivity (Wildman–Crippen MR) is 81.4 cm³/mol. The van der Waals surface area contributed by atoms with Gasteiger partial charge in [0.05, 0.1) is 0 Å².